The lowest BCUT2D eigenvalue weighted by Crippen LogP contribution is -2.17. The van der Waals surface area contributed by atoms with Crippen molar-refractivity contribution in [3.8, 4) is 11.1 Å². The molecule has 0 radical (unpaired) electrons. The number of halogens is 2. The quantitative estimate of drug-likeness (QED) is 0.320. The van der Waals surface area contributed by atoms with E-state index in [2.05, 4.69) is 9.97 Å². The average molecular weight is 475 g/mol. The number of nitrogens with zero attached hydrogens (tertiary/aromatic N) is 4. The highest BCUT2D eigenvalue weighted by Crippen LogP contribution is 2.31. The molecule has 0 aliphatic rings. The Balaban J connectivity index is 0.000000398. The molecule has 0 amide bonds. The Morgan fingerprint density at radius 3 is 2.38 bits per heavy atom. The molecule has 0 saturated heterocycles. The lowest BCUT2D eigenvalue weighted by molar-refractivity contribution is 0.394. The largest absolute Gasteiger partial charge is 0.341 e. The molecule has 5 aromatic rings. The minimum absolute atomic E-state index is 0.131. The second kappa shape index (κ2) is 10.0. The topological polar surface area (TPSA) is 52.7 Å². The maximum absolute atomic E-state index is 15.1. The molecule has 172 valence electrons. The van der Waals surface area contributed by atoms with Crippen LogP contribution in [0.1, 0.15) is 23.0 Å². The molecule has 0 N–H and O–H groups in total. The molecule has 7 heteroatoms. The number of aromatic nitrogens is 4. The Labute approximate surface area is 202 Å². The molecule has 3 aromatic heterocycles. The van der Waals surface area contributed by atoms with E-state index in [-0.39, 0.29) is 5.56 Å². The average Bonchev–Trinajstić information content (AvgIpc) is 3.32. The first-order valence-corrected chi connectivity index (χ1v) is 11.1. The van der Waals surface area contributed by atoms with Gasteiger partial charge in [0.15, 0.2) is 6.17 Å². The van der Waals surface area contributed by atoms with E-state index in [4.69, 9.17) is 11.6 Å². The van der Waals surface area contributed by atoms with Gasteiger partial charge in [0.05, 0.1) is 23.1 Å². The van der Waals surface area contributed by atoms with Gasteiger partial charge in [-0.05, 0) is 42.3 Å². The minimum Gasteiger partial charge on any atom is -0.341 e. The van der Waals surface area contributed by atoms with Crippen molar-refractivity contribution in [1.82, 2.24) is 19.1 Å². The van der Waals surface area contributed by atoms with Crippen LogP contribution in [0.4, 0.5) is 4.39 Å². The third-order valence-corrected chi connectivity index (χ3v) is 5.75. The highest BCUT2D eigenvalue weighted by Gasteiger charge is 2.17. The van der Waals surface area contributed by atoms with Crippen molar-refractivity contribution in [2.75, 3.05) is 0 Å². The van der Waals surface area contributed by atoms with Gasteiger partial charge in [-0.25, -0.2) is 14.4 Å². The van der Waals surface area contributed by atoms with Gasteiger partial charge in [-0.2, -0.15) is 0 Å². The van der Waals surface area contributed by atoms with Crippen LogP contribution in [0.2, 0.25) is 5.02 Å². The number of rotatable bonds is 3. The molecule has 5 rings (SSSR count). The summed E-state index contributed by atoms with van der Waals surface area (Å²) < 4.78 is 18.5. The number of aryl methyl sites for hydroxylation is 3. The SMILES string of the molecule is Cc1cccc(-c2cc(=O)n(C)c3ccc(C(F)c4ccc(Cl)cc4)nc23)c1.Cn1ccnc1. The number of alkyl halides is 1. The van der Waals surface area contributed by atoms with E-state index < -0.39 is 6.17 Å². The van der Waals surface area contributed by atoms with Gasteiger partial charge < -0.3 is 9.13 Å². The van der Waals surface area contributed by atoms with Gasteiger partial charge in [-0.3, -0.25) is 4.79 Å². The first kappa shape index (κ1) is 23.4. The van der Waals surface area contributed by atoms with Gasteiger partial charge in [0.1, 0.15) is 0 Å². The van der Waals surface area contributed by atoms with Crippen molar-refractivity contribution in [3.05, 3.63) is 118 Å². The Morgan fingerprint density at radius 2 is 1.76 bits per heavy atom. The maximum Gasteiger partial charge on any atom is 0.251 e. The lowest BCUT2D eigenvalue weighted by Gasteiger charge is -2.14. The minimum atomic E-state index is -1.38. The zero-order valence-corrected chi connectivity index (χ0v) is 19.9. The van der Waals surface area contributed by atoms with Gasteiger partial charge >= 0.3 is 0 Å². The van der Waals surface area contributed by atoms with Gasteiger partial charge in [0, 0.05) is 43.1 Å². The summed E-state index contributed by atoms with van der Waals surface area (Å²) in [5.41, 5.74) is 4.57. The fraction of sp³-hybridized carbons (Fsp3) is 0.148. The van der Waals surface area contributed by atoms with Crippen LogP contribution in [0.25, 0.3) is 22.2 Å². The second-order valence-corrected chi connectivity index (χ2v) is 8.51. The monoisotopic (exact) mass is 474 g/mol. The Kier molecular flexibility index (Phi) is 6.89. The van der Waals surface area contributed by atoms with E-state index in [1.54, 1.807) is 62.0 Å². The van der Waals surface area contributed by atoms with Gasteiger partial charge in [0.25, 0.3) is 5.56 Å². The molecule has 0 aliphatic carbocycles. The number of imidazole rings is 1. The summed E-state index contributed by atoms with van der Waals surface area (Å²) in [6, 6.07) is 19.4. The van der Waals surface area contributed by atoms with Crippen molar-refractivity contribution >= 4 is 22.6 Å². The lowest BCUT2D eigenvalue weighted by atomic mass is 10.0. The second-order valence-electron chi connectivity index (χ2n) is 8.07. The van der Waals surface area contributed by atoms with Crippen molar-refractivity contribution < 1.29 is 4.39 Å². The summed E-state index contributed by atoms with van der Waals surface area (Å²) in [6.45, 7) is 1.99. The molecule has 3 heterocycles. The van der Waals surface area contributed by atoms with Crippen LogP contribution in [0.5, 0.6) is 0 Å². The van der Waals surface area contributed by atoms with Crippen LogP contribution in [-0.2, 0) is 14.1 Å². The van der Waals surface area contributed by atoms with Crippen LogP contribution in [0.3, 0.4) is 0 Å². The summed E-state index contributed by atoms with van der Waals surface area (Å²) in [5, 5.41) is 0.555. The first-order chi connectivity index (χ1) is 16.3. The molecule has 0 spiro atoms. The van der Waals surface area contributed by atoms with E-state index in [9.17, 15) is 4.79 Å². The normalized spacial score (nSPS) is 11.7. The summed E-state index contributed by atoms with van der Waals surface area (Å²) in [4.78, 5) is 20.8. The van der Waals surface area contributed by atoms with E-state index in [0.717, 1.165) is 11.1 Å². The molecule has 0 saturated carbocycles. The first-order valence-electron chi connectivity index (χ1n) is 10.7. The third-order valence-electron chi connectivity index (χ3n) is 5.50. The number of pyridine rings is 2. The van der Waals surface area contributed by atoms with Gasteiger partial charge in [-0.15, -0.1) is 0 Å². The van der Waals surface area contributed by atoms with Crippen molar-refractivity contribution in [2.45, 2.75) is 13.1 Å². The van der Waals surface area contributed by atoms with Crippen LogP contribution < -0.4 is 5.56 Å². The third kappa shape index (κ3) is 5.07. The molecular weight excluding hydrogens is 451 g/mol. The zero-order chi connectivity index (χ0) is 24.2. The fourth-order valence-electron chi connectivity index (χ4n) is 3.65. The Morgan fingerprint density at radius 1 is 1.00 bits per heavy atom. The predicted molar refractivity (Wildman–Crippen MR) is 135 cm³/mol. The van der Waals surface area contributed by atoms with Crippen molar-refractivity contribution in [2.24, 2.45) is 14.1 Å². The van der Waals surface area contributed by atoms with Crippen molar-refractivity contribution in [3.63, 3.8) is 0 Å². The fourth-order valence-corrected chi connectivity index (χ4v) is 3.77. The molecule has 0 aliphatic heterocycles. The van der Waals surface area contributed by atoms with Gasteiger partial charge in [-0.1, -0.05) is 53.6 Å². The molecule has 2 aromatic carbocycles. The zero-order valence-electron chi connectivity index (χ0n) is 19.1. The predicted octanol–water partition coefficient (Wildman–Crippen LogP) is 6.04. The van der Waals surface area contributed by atoms with Crippen LogP contribution in [0, 0.1) is 6.92 Å². The molecule has 1 atom stereocenters. The summed E-state index contributed by atoms with van der Waals surface area (Å²) >= 11 is 5.90. The van der Waals surface area contributed by atoms with E-state index in [1.165, 1.54) is 4.57 Å². The van der Waals surface area contributed by atoms with Gasteiger partial charge in [0.2, 0.25) is 0 Å². The van der Waals surface area contributed by atoms with Crippen LogP contribution >= 0.6 is 11.6 Å². The highest BCUT2D eigenvalue weighted by atomic mass is 35.5. The summed E-state index contributed by atoms with van der Waals surface area (Å²) in [7, 11) is 3.63. The molecule has 0 bridgehead atoms. The number of benzene rings is 2. The number of hydrogen-bond donors (Lipinski definition) is 0. The summed E-state index contributed by atoms with van der Waals surface area (Å²) in [5.74, 6) is 0. The highest BCUT2D eigenvalue weighted by molar-refractivity contribution is 6.30. The smallest absolute Gasteiger partial charge is 0.251 e. The Hall–Kier alpha value is -3.77. The molecular formula is C27H24ClFN4O. The Bertz CT molecular complexity index is 1480. The van der Waals surface area contributed by atoms with Crippen LogP contribution in [0.15, 0.2) is 90.2 Å². The van der Waals surface area contributed by atoms with E-state index >= 15 is 4.39 Å². The molecule has 0 fully saturated rings. The molecule has 34 heavy (non-hydrogen) atoms. The maximum atomic E-state index is 15.1. The van der Waals surface area contributed by atoms with Crippen LogP contribution in [-0.4, -0.2) is 19.1 Å². The molecule has 5 nitrogen and oxygen atoms in total. The number of hydrogen-bond acceptors (Lipinski definition) is 3. The van der Waals surface area contributed by atoms with Crippen molar-refractivity contribution in [1.29, 1.82) is 0 Å². The standard InChI is InChI=1S/C23H18ClFN2O.C4H6N2/c1-14-4-3-5-16(12-14)18-13-21(28)27(2)20-11-10-19(26-23(18)20)22(25)15-6-8-17(24)9-7-15;1-6-3-2-5-4-6/h3-13,22H,1-2H3;2-4H,1H3. The number of fused-ring (bicyclic) bond motifs is 1. The molecule has 1 unspecified atom stereocenters. The van der Waals surface area contributed by atoms with E-state index in [0.29, 0.717) is 32.9 Å². The van der Waals surface area contributed by atoms with E-state index in [1.807, 2.05) is 49.0 Å². The summed E-state index contributed by atoms with van der Waals surface area (Å²) in [6.07, 6.45) is 4.00.